The van der Waals surface area contributed by atoms with E-state index in [1.165, 1.54) is 109 Å². The number of hydrogen-bond acceptors (Lipinski definition) is 1. The topological polar surface area (TPSA) is 23.8 Å². The van der Waals surface area contributed by atoms with E-state index in [9.17, 15) is 0 Å². The first-order chi connectivity index (χ1) is 12.6. The van der Waals surface area contributed by atoms with Gasteiger partial charge in [-0.15, -0.1) is 0 Å². The van der Waals surface area contributed by atoms with Crippen molar-refractivity contribution in [2.75, 3.05) is 27.2 Å². The average molecular weight is 366 g/mol. The lowest BCUT2D eigenvalue weighted by atomic mass is 10.0. The summed E-state index contributed by atoms with van der Waals surface area (Å²) in [5.41, 5.74) is 0. The van der Waals surface area contributed by atoms with Gasteiger partial charge in [0.1, 0.15) is 0 Å². The van der Waals surface area contributed by atoms with Crippen LogP contribution in [0.5, 0.6) is 0 Å². The summed E-state index contributed by atoms with van der Waals surface area (Å²) in [6.45, 7) is 4.71. The SMILES string of the molecule is CCCCCCCCCCCCCCCCCC[N+](C)(C)CCCC#N. The minimum absolute atomic E-state index is 0.709. The second kappa shape index (κ2) is 19.2. The minimum atomic E-state index is 0.709. The van der Waals surface area contributed by atoms with Crippen molar-refractivity contribution in [3.05, 3.63) is 0 Å². The first-order valence-electron chi connectivity index (χ1n) is 11.8. The Hall–Kier alpha value is -0.550. The summed E-state index contributed by atoms with van der Waals surface area (Å²) in [4.78, 5) is 0. The quantitative estimate of drug-likeness (QED) is 0.161. The fraction of sp³-hybridized carbons (Fsp3) is 0.958. The Kier molecular flexibility index (Phi) is 18.8. The van der Waals surface area contributed by atoms with Crippen LogP contribution in [0.15, 0.2) is 0 Å². The summed E-state index contributed by atoms with van der Waals surface area (Å²) in [5, 5.41) is 8.63. The maximum atomic E-state index is 8.63. The van der Waals surface area contributed by atoms with Gasteiger partial charge in [0.2, 0.25) is 0 Å². The van der Waals surface area contributed by atoms with Crippen molar-refractivity contribution in [2.45, 2.75) is 122 Å². The molecule has 0 aromatic rings. The van der Waals surface area contributed by atoms with Crippen LogP contribution in [0.2, 0.25) is 0 Å². The highest BCUT2D eigenvalue weighted by atomic mass is 15.3. The summed E-state index contributed by atoms with van der Waals surface area (Å²) >= 11 is 0. The molecular weight excluding hydrogens is 316 g/mol. The van der Waals surface area contributed by atoms with Crippen LogP contribution in [0.1, 0.15) is 122 Å². The molecular formula is C24H49N2+. The smallest absolute Gasteiger partial charge is 0.0792 e. The lowest BCUT2D eigenvalue weighted by Crippen LogP contribution is -2.41. The summed E-state index contributed by atoms with van der Waals surface area (Å²) in [5.74, 6) is 0. The molecule has 0 unspecified atom stereocenters. The van der Waals surface area contributed by atoms with Crippen LogP contribution in [-0.2, 0) is 0 Å². The van der Waals surface area contributed by atoms with Crippen molar-refractivity contribution >= 4 is 0 Å². The fourth-order valence-electron chi connectivity index (χ4n) is 3.79. The number of nitrogens with zero attached hydrogens (tertiary/aromatic N) is 2. The zero-order valence-electron chi connectivity index (χ0n) is 18.5. The molecule has 0 aliphatic rings. The molecule has 0 radical (unpaired) electrons. The summed E-state index contributed by atoms with van der Waals surface area (Å²) < 4.78 is 1.08. The van der Waals surface area contributed by atoms with E-state index in [2.05, 4.69) is 27.1 Å². The second-order valence-corrected chi connectivity index (χ2v) is 8.95. The van der Waals surface area contributed by atoms with Gasteiger partial charge in [-0.05, 0) is 12.8 Å². The zero-order valence-corrected chi connectivity index (χ0v) is 18.5. The van der Waals surface area contributed by atoms with Crippen molar-refractivity contribution in [1.29, 1.82) is 5.26 Å². The van der Waals surface area contributed by atoms with Gasteiger partial charge >= 0.3 is 0 Å². The first-order valence-corrected chi connectivity index (χ1v) is 11.8. The van der Waals surface area contributed by atoms with Crippen LogP contribution in [0, 0.1) is 11.3 Å². The van der Waals surface area contributed by atoms with Gasteiger partial charge in [-0.3, -0.25) is 0 Å². The molecule has 0 heterocycles. The molecule has 26 heavy (non-hydrogen) atoms. The Labute approximate surface area is 165 Å². The average Bonchev–Trinajstić information content (AvgIpc) is 2.61. The normalized spacial score (nSPS) is 11.6. The highest BCUT2D eigenvalue weighted by molar-refractivity contribution is 4.67. The number of unbranched alkanes of at least 4 members (excludes halogenated alkanes) is 16. The number of quaternary nitrogens is 1. The maximum Gasteiger partial charge on any atom is 0.0792 e. The van der Waals surface area contributed by atoms with Crippen LogP contribution in [0.4, 0.5) is 0 Å². The van der Waals surface area contributed by atoms with Gasteiger partial charge in [-0.1, -0.05) is 96.8 Å². The monoisotopic (exact) mass is 365 g/mol. The molecule has 0 N–H and O–H groups in total. The largest absolute Gasteiger partial charge is 0.328 e. The molecule has 0 saturated carbocycles. The molecule has 0 aliphatic heterocycles. The molecule has 0 spiro atoms. The van der Waals surface area contributed by atoms with E-state index in [0.29, 0.717) is 6.42 Å². The summed E-state index contributed by atoms with van der Waals surface area (Å²) in [6, 6.07) is 2.25. The van der Waals surface area contributed by atoms with E-state index in [1.807, 2.05) is 0 Å². The molecule has 154 valence electrons. The van der Waals surface area contributed by atoms with Crippen molar-refractivity contribution in [2.24, 2.45) is 0 Å². The Balaban J connectivity index is 3.18. The minimum Gasteiger partial charge on any atom is -0.328 e. The van der Waals surface area contributed by atoms with E-state index in [4.69, 9.17) is 5.26 Å². The zero-order chi connectivity index (χ0) is 19.3. The standard InChI is InChI=1S/C24H49N2/c1-4-5-6-7-8-9-10-11-12-13-14-15-16-17-18-20-23-26(2,3)24-21-19-22-25/h4-21,23-24H2,1-3H3/q+1. The van der Waals surface area contributed by atoms with Gasteiger partial charge < -0.3 is 4.48 Å². The van der Waals surface area contributed by atoms with E-state index >= 15 is 0 Å². The molecule has 0 aliphatic carbocycles. The summed E-state index contributed by atoms with van der Waals surface area (Å²) in [6.07, 6.45) is 24.7. The number of hydrogen-bond donors (Lipinski definition) is 0. The van der Waals surface area contributed by atoms with Crippen molar-refractivity contribution in [1.82, 2.24) is 0 Å². The molecule has 2 nitrogen and oxygen atoms in total. The van der Waals surface area contributed by atoms with Crippen molar-refractivity contribution in [3.63, 3.8) is 0 Å². The van der Waals surface area contributed by atoms with Gasteiger partial charge in [0.15, 0.2) is 0 Å². The summed E-state index contributed by atoms with van der Waals surface area (Å²) in [7, 11) is 4.62. The predicted octanol–water partition coefficient (Wildman–Crippen LogP) is 7.63. The fourth-order valence-corrected chi connectivity index (χ4v) is 3.79. The predicted molar refractivity (Wildman–Crippen MR) is 116 cm³/mol. The molecule has 0 aromatic heterocycles. The van der Waals surface area contributed by atoms with Crippen LogP contribution in [0.3, 0.4) is 0 Å². The molecule has 0 saturated heterocycles. The van der Waals surface area contributed by atoms with Crippen LogP contribution < -0.4 is 0 Å². The Morgan fingerprint density at radius 2 is 0.885 bits per heavy atom. The van der Waals surface area contributed by atoms with E-state index in [1.54, 1.807) is 0 Å². The molecule has 0 amide bonds. The van der Waals surface area contributed by atoms with Crippen molar-refractivity contribution < 1.29 is 4.48 Å². The lowest BCUT2D eigenvalue weighted by molar-refractivity contribution is -0.890. The molecule has 0 fully saturated rings. The van der Waals surface area contributed by atoms with Crippen LogP contribution in [-0.4, -0.2) is 31.7 Å². The van der Waals surface area contributed by atoms with E-state index in [-0.39, 0.29) is 0 Å². The van der Waals surface area contributed by atoms with Gasteiger partial charge in [-0.25, -0.2) is 0 Å². The van der Waals surface area contributed by atoms with E-state index < -0.39 is 0 Å². The first kappa shape index (κ1) is 25.4. The maximum absolute atomic E-state index is 8.63. The van der Waals surface area contributed by atoms with Gasteiger partial charge in [0, 0.05) is 12.8 Å². The molecule has 0 bridgehead atoms. The van der Waals surface area contributed by atoms with Crippen molar-refractivity contribution in [3.8, 4) is 6.07 Å². The molecule has 0 rings (SSSR count). The van der Waals surface area contributed by atoms with Crippen LogP contribution in [0.25, 0.3) is 0 Å². The third-order valence-corrected chi connectivity index (χ3v) is 5.67. The molecule has 2 heteroatoms. The Bertz CT molecular complexity index is 317. The number of rotatable bonds is 20. The third-order valence-electron chi connectivity index (χ3n) is 5.67. The second-order valence-electron chi connectivity index (χ2n) is 8.95. The molecule has 0 aromatic carbocycles. The number of nitriles is 1. The van der Waals surface area contributed by atoms with E-state index in [0.717, 1.165) is 17.4 Å². The van der Waals surface area contributed by atoms with Gasteiger partial charge in [0.25, 0.3) is 0 Å². The third kappa shape index (κ3) is 19.8. The lowest BCUT2D eigenvalue weighted by Gasteiger charge is -2.29. The highest BCUT2D eigenvalue weighted by Crippen LogP contribution is 2.14. The van der Waals surface area contributed by atoms with Crippen LogP contribution >= 0.6 is 0 Å². The van der Waals surface area contributed by atoms with Gasteiger partial charge in [-0.2, -0.15) is 5.26 Å². The Morgan fingerprint density at radius 3 is 1.27 bits per heavy atom. The Morgan fingerprint density at radius 1 is 0.538 bits per heavy atom. The highest BCUT2D eigenvalue weighted by Gasteiger charge is 2.13. The van der Waals surface area contributed by atoms with Gasteiger partial charge in [0.05, 0.1) is 33.3 Å². The molecule has 0 atom stereocenters.